The number of nitrogens with one attached hydrogen (secondary N) is 1. The molecule has 2 saturated heterocycles. The van der Waals surface area contributed by atoms with Crippen molar-refractivity contribution in [2.75, 3.05) is 63.1 Å². The molecule has 204 valence electrons. The Morgan fingerprint density at radius 2 is 1.74 bits per heavy atom. The van der Waals surface area contributed by atoms with Crippen LogP contribution in [0.2, 0.25) is 0 Å². The van der Waals surface area contributed by atoms with E-state index in [0.29, 0.717) is 41.9 Å². The first-order valence-corrected chi connectivity index (χ1v) is 14.0. The lowest BCUT2D eigenvalue weighted by atomic mass is 10.1. The molecule has 2 aromatic carbocycles. The summed E-state index contributed by atoms with van der Waals surface area (Å²) >= 11 is 0. The Morgan fingerprint density at radius 3 is 2.49 bits per heavy atom. The van der Waals surface area contributed by atoms with Crippen LogP contribution in [0.25, 0.3) is 22.6 Å². The summed E-state index contributed by atoms with van der Waals surface area (Å²) in [5.74, 6) is 0.279. The van der Waals surface area contributed by atoms with Gasteiger partial charge >= 0.3 is 0 Å². The highest BCUT2D eigenvalue weighted by Crippen LogP contribution is 2.30. The lowest BCUT2D eigenvalue weighted by molar-refractivity contribution is -0.117. The molecule has 8 nitrogen and oxygen atoms in total. The topological polar surface area (TPSA) is 73.7 Å². The summed E-state index contributed by atoms with van der Waals surface area (Å²) in [4.78, 5) is 37.0. The van der Waals surface area contributed by atoms with Gasteiger partial charge in [0.05, 0.1) is 23.1 Å². The molecule has 3 aromatic rings. The quantitative estimate of drug-likeness (QED) is 0.543. The number of benzene rings is 2. The van der Waals surface area contributed by atoms with Crippen molar-refractivity contribution in [2.45, 2.75) is 32.2 Å². The number of carbonyl (C=O) groups excluding carboxylic acids is 1. The summed E-state index contributed by atoms with van der Waals surface area (Å²) in [5, 5.41) is 3.32. The zero-order chi connectivity index (χ0) is 26.9. The average Bonchev–Trinajstić information content (AvgIpc) is 3.33. The number of fused-ring (bicyclic) bond motifs is 2. The van der Waals surface area contributed by atoms with Gasteiger partial charge in [-0.2, -0.15) is 0 Å². The lowest BCUT2D eigenvalue weighted by Gasteiger charge is -2.34. The number of halogens is 1. The van der Waals surface area contributed by atoms with Crippen LogP contribution >= 0.6 is 0 Å². The van der Waals surface area contributed by atoms with E-state index in [4.69, 9.17) is 4.98 Å². The van der Waals surface area contributed by atoms with Crippen LogP contribution in [0.3, 0.4) is 0 Å². The van der Waals surface area contributed by atoms with E-state index >= 15 is 4.39 Å². The number of piperazine rings is 1. The maximum atomic E-state index is 15.1. The summed E-state index contributed by atoms with van der Waals surface area (Å²) < 4.78 is 16.7. The number of rotatable bonds is 5. The average molecular weight is 531 g/mol. The summed E-state index contributed by atoms with van der Waals surface area (Å²) in [7, 11) is 2.06. The van der Waals surface area contributed by atoms with Crippen LogP contribution in [0, 0.1) is 5.82 Å². The molecule has 0 spiro atoms. The third kappa shape index (κ3) is 5.46. The molecule has 0 bridgehead atoms. The van der Waals surface area contributed by atoms with Crippen molar-refractivity contribution in [3.05, 3.63) is 64.0 Å². The van der Waals surface area contributed by atoms with E-state index in [9.17, 15) is 9.59 Å². The van der Waals surface area contributed by atoms with Crippen molar-refractivity contribution in [3.63, 3.8) is 0 Å². The third-order valence-electron chi connectivity index (χ3n) is 8.11. The van der Waals surface area contributed by atoms with Crippen LogP contribution in [0.4, 0.5) is 15.8 Å². The van der Waals surface area contributed by atoms with E-state index < -0.39 is 0 Å². The number of anilines is 2. The maximum Gasteiger partial charge on any atom is 0.261 e. The summed E-state index contributed by atoms with van der Waals surface area (Å²) in [6, 6.07) is 10.8. The molecular weight excluding hydrogens is 495 g/mol. The molecule has 2 fully saturated rings. The molecule has 0 unspecified atom stereocenters. The standard InChI is InChI=1S/C30H35FN6O2/c1-34-13-15-36(16-14-34)27-19-26-24(18-25(27)31)30(39)37-12-9-22(29(37)33-26)17-21-5-7-23(8-6-21)32-28(38)20-35-10-3-2-4-11-35/h5-8,17-19H,2-4,9-16,20H2,1H3,(H,32,38)/b22-17+. The second-order valence-electron chi connectivity index (χ2n) is 10.9. The third-order valence-corrected chi connectivity index (χ3v) is 8.11. The Hall–Kier alpha value is -3.56. The van der Waals surface area contributed by atoms with E-state index in [0.717, 1.165) is 68.9 Å². The van der Waals surface area contributed by atoms with Gasteiger partial charge in [-0.15, -0.1) is 0 Å². The molecule has 1 amide bonds. The minimum atomic E-state index is -0.372. The monoisotopic (exact) mass is 530 g/mol. The number of hydrogen-bond acceptors (Lipinski definition) is 6. The molecule has 1 N–H and O–H groups in total. The molecule has 4 heterocycles. The molecule has 0 radical (unpaired) electrons. The SMILES string of the molecule is CN1CCN(c2cc3nc4n(c(=O)c3cc2F)CC/C4=C\c2ccc(NC(=O)CN3CCCCC3)cc2)CC1. The van der Waals surface area contributed by atoms with Gasteiger partial charge in [0.25, 0.3) is 5.56 Å². The van der Waals surface area contributed by atoms with Gasteiger partial charge < -0.3 is 15.1 Å². The Balaban J connectivity index is 1.22. The number of likely N-dealkylation sites (tertiary alicyclic amines) is 1. The summed E-state index contributed by atoms with van der Waals surface area (Å²) in [6.45, 7) is 6.13. The van der Waals surface area contributed by atoms with Crippen LogP contribution < -0.4 is 15.8 Å². The predicted molar refractivity (Wildman–Crippen MR) is 154 cm³/mol. The van der Waals surface area contributed by atoms with Crippen LogP contribution in [0.1, 0.15) is 37.1 Å². The van der Waals surface area contributed by atoms with Crippen molar-refractivity contribution < 1.29 is 9.18 Å². The fraction of sp³-hybridized carbons (Fsp3) is 0.433. The number of hydrogen-bond donors (Lipinski definition) is 1. The fourth-order valence-corrected chi connectivity index (χ4v) is 5.84. The molecule has 39 heavy (non-hydrogen) atoms. The molecule has 3 aliphatic rings. The molecule has 6 rings (SSSR count). The normalized spacial score (nSPS) is 19.5. The predicted octanol–water partition coefficient (Wildman–Crippen LogP) is 3.66. The Bertz CT molecular complexity index is 1470. The van der Waals surface area contributed by atoms with Gasteiger partial charge in [-0.3, -0.25) is 19.1 Å². The van der Waals surface area contributed by atoms with Gasteiger partial charge in [0.1, 0.15) is 11.6 Å². The molecule has 0 saturated carbocycles. The van der Waals surface area contributed by atoms with Crippen LogP contribution in [0.5, 0.6) is 0 Å². The van der Waals surface area contributed by atoms with Crippen LogP contribution in [-0.4, -0.2) is 78.1 Å². The van der Waals surface area contributed by atoms with E-state index in [1.807, 2.05) is 35.2 Å². The van der Waals surface area contributed by atoms with Gasteiger partial charge in [-0.25, -0.2) is 9.37 Å². The molecule has 0 atom stereocenters. The second kappa shape index (κ2) is 10.9. The molecule has 9 heteroatoms. The Morgan fingerprint density at radius 1 is 1.00 bits per heavy atom. The number of nitrogens with zero attached hydrogens (tertiary/aromatic N) is 5. The van der Waals surface area contributed by atoms with E-state index in [2.05, 4.69) is 22.2 Å². The largest absolute Gasteiger partial charge is 0.367 e. The van der Waals surface area contributed by atoms with Gasteiger partial charge in [0.2, 0.25) is 5.91 Å². The minimum Gasteiger partial charge on any atom is -0.367 e. The lowest BCUT2D eigenvalue weighted by Crippen LogP contribution is -2.44. The molecule has 0 aliphatic carbocycles. The van der Waals surface area contributed by atoms with Crippen LogP contribution in [0.15, 0.2) is 41.2 Å². The first kappa shape index (κ1) is 25.7. The van der Waals surface area contributed by atoms with Gasteiger partial charge in [0, 0.05) is 38.4 Å². The number of amides is 1. The van der Waals surface area contributed by atoms with E-state index in [1.54, 1.807) is 10.6 Å². The first-order chi connectivity index (χ1) is 18.9. The van der Waals surface area contributed by atoms with Gasteiger partial charge in [-0.1, -0.05) is 18.6 Å². The smallest absolute Gasteiger partial charge is 0.261 e. The number of piperidine rings is 1. The molecular formula is C30H35FN6O2. The Labute approximate surface area is 227 Å². The fourth-order valence-electron chi connectivity index (χ4n) is 5.84. The van der Waals surface area contributed by atoms with Crippen molar-refractivity contribution in [1.82, 2.24) is 19.4 Å². The van der Waals surface area contributed by atoms with Crippen LogP contribution in [-0.2, 0) is 11.3 Å². The number of carbonyl (C=O) groups is 1. The maximum absolute atomic E-state index is 15.1. The zero-order valence-corrected chi connectivity index (χ0v) is 22.5. The highest BCUT2D eigenvalue weighted by atomic mass is 19.1. The first-order valence-electron chi connectivity index (χ1n) is 14.0. The summed E-state index contributed by atoms with van der Waals surface area (Å²) in [6.07, 6.45) is 6.29. The second-order valence-corrected chi connectivity index (χ2v) is 10.9. The molecule has 1 aromatic heterocycles. The van der Waals surface area contributed by atoms with Crippen molar-refractivity contribution >= 4 is 39.8 Å². The van der Waals surface area contributed by atoms with E-state index in [1.165, 1.54) is 12.5 Å². The van der Waals surface area contributed by atoms with Gasteiger partial charge in [-0.05, 0) is 80.9 Å². The minimum absolute atomic E-state index is 0.00978. The number of aromatic nitrogens is 2. The van der Waals surface area contributed by atoms with Crippen molar-refractivity contribution in [2.24, 2.45) is 0 Å². The highest BCUT2D eigenvalue weighted by molar-refractivity contribution is 5.92. The zero-order valence-electron chi connectivity index (χ0n) is 22.5. The van der Waals surface area contributed by atoms with Gasteiger partial charge in [0.15, 0.2) is 0 Å². The number of likely N-dealkylation sites (N-methyl/N-ethyl adjacent to an activating group) is 1. The molecule has 3 aliphatic heterocycles. The number of allylic oxidation sites excluding steroid dienone is 1. The van der Waals surface area contributed by atoms with Crippen molar-refractivity contribution in [1.29, 1.82) is 0 Å². The van der Waals surface area contributed by atoms with E-state index in [-0.39, 0.29) is 17.3 Å². The van der Waals surface area contributed by atoms with Crippen molar-refractivity contribution in [3.8, 4) is 0 Å². The summed E-state index contributed by atoms with van der Waals surface area (Å²) in [5.41, 5.74) is 3.55. The highest BCUT2D eigenvalue weighted by Gasteiger charge is 2.24. The Kier molecular flexibility index (Phi) is 7.18.